The minimum absolute atomic E-state index is 0.237. The van der Waals surface area contributed by atoms with Crippen molar-refractivity contribution < 1.29 is 4.79 Å². The summed E-state index contributed by atoms with van der Waals surface area (Å²) in [4.78, 5) is 20.5. The van der Waals surface area contributed by atoms with Crippen LogP contribution < -0.4 is 10.2 Å². The molecule has 1 aliphatic carbocycles. The first-order valence-corrected chi connectivity index (χ1v) is 7.36. The molecule has 0 radical (unpaired) electrons. The molecule has 2 heterocycles. The fourth-order valence-electron chi connectivity index (χ4n) is 2.15. The number of amides is 1. The van der Waals surface area contributed by atoms with Crippen LogP contribution in [-0.2, 0) is 4.79 Å². The predicted molar refractivity (Wildman–Crippen MR) is 71.9 cm³/mol. The SMILES string of the molecule is O=C(CNC1CC1)N1CCN(c2nccs2)CC1. The van der Waals surface area contributed by atoms with Gasteiger partial charge < -0.3 is 15.1 Å². The first-order valence-electron chi connectivity index (χ1n) is 6.48. The molecule has 3 rings (SSSR count). The number of carbonyl (C=O) groups excluding carboxylic acids is 1. The summed E-state index contributed by atoms with van der Waals surface area (Å²) in [6, 6.07) is 0.602. The Morgan fingerprint density at radius 2 is 2.17 bits per heavy atom. The van der Waals surface area contributed by atoms with Gasteiger partial charge >= 0.3 is 0 Å². The predicted octanol–water partition coefficient (Wildman–Crippen LogP) is 0.544. The molecule has 0 aromatic carbocycles. The average Bonchev–Trinajstić information content (AvgIpc) is 3.08. The number of thiazole rings is 1. The molecule has 98 valence electrons. The van der Waals surface area contributed by atoms with E-state index in [0.29, 0.717) is 12.6 Å². The normalized spacial score (nSPS) is 20.2. The van der Waals surface area contributed by atoms with Gasteiger partial charge in [0.15, 0.2) is 5.13 Å². The van der Waals surface area contributed by atoms with E-state index in [-0.39, 0.29) is 5.91 Å². The fraction of sp³-hybridized carbons (Fsp3) is 0.667. The van der Waals surface area contributed by atoms with Crippen molar-refractivity contribution in [3.05, 3.63) is 11.6 Å². The van der Waals surface area contributed by atoms with Crippen LogP contribution in [0.1, 0.15) is 12.8 Å². The zero-order valence-corrected chi connectivity index (χ0v) is 11.2. The maximum atomic E-state index is 12.0. The summed E-state index contributed by atoms with van der Waals surface area (Å²) in [5.74, 6) is 0.237. The molecule has 1 aromatic rings. The minimum Gasteiger partial charge on any atom is -0.345 e. The van der Waals surface area contributed by atoms with Crippen LogP contribution in [0.5, 0.6) is 0 Å². The molecule has 5 nitrogen and oxygen atoms in total. The highest BCUT2D eigenvalue weighted by Crippen LogP contribution is 2.19. The largest absolute Gasteiger partial charge is 0.345 e. The Hall–Kier alpha value is -1.14. The molecular formula is C12H18N4OS. The van der Waals surface area contributed by atoms with Gasteiger partial charge in [0.2, 0.25) is 5.91 Å². The quantitative estimate of drug-likeness (QED) is 0.864. The third-order valence-corrected chi connectivity index (χ3v) is 4.27. The van der Waals surface area contributed by atoms with Gasteiger partial charge in [0.1, 0.15) is 0 Å². The van der Waals surface area contributed by atoms with Crippen LogP contribution in [0.2, 0.25) is 0 Å². The van der Waals surface area contributed by atoms with Gasteiger partial charge in [-0.25, -0.2) is 4.98 Å². The number of hydrogen-bond acceptors (Lipinski definition) is 5. The lowest BCUT2D eigenvalue weighted by atomic mass is 10.3. The van der Waals surface area contributed by atoms with Gasteiger partial charge in [-0.15, -0.1) is 11.3 Å². The van der Waals surface area contributed by atoms with Crippen LogP contribution in [0.15, 0.2) is 11.6 Å². The smallest absolute Gasteiger partial charge is 0.236 e. The van der Waals surface area contributed by atoms with E-state index in [4.69, 9.17) is 0 Å². The summed E-state index contributed by atoms with van der Waals surface area (Å²) in [6.45, 7) is 3.91. The lowest BCUT2D eigenvalue weighted by molar-refractivity contribution is -0.130. The molecule has 1 aromatic heterocycles. The van der Waals surface area contributed by atoms with Crippen LogP contribution >= 0.6 is 11.3 Å². The summed E-state index contributed by atoms with van der Waals surface area (Å²) < 4.78 is 0. The number of hydrogen-bond donors (Lipinski definition) is 1. The second-order valence-corrected chi connectivity index (χ2v) is 5.71. The minimum atomic E-state index is 0.237. The Bertz CT molecular complexity index is 396. The lowest BCUT2D eigenvalue weighted by Crippen LogP contribution is -2.51. The van der Waals surface area contributed by atoms with Crippen LogP contribution in [0.25, 0.3) is 0 Å². The third-order valence-electron chi connectivity index (χ3n) is 3.44. The lowest BCUT2D eigenvalue weighted by Gasteiger charge is -2.34. The molecule has 1 amide bonds. The van der Waals surface area contributed by atoms with Crippen molar-refractivity contribution in [2.75, 3.05) is 37.6 Å². The highest BCUT2D eigenvalue weighted by Gasteiger charge is 2.25. The number of rotatable bonds is 4. The highest BCUT2D eigenvalue weighted by atomic mass is 32.1. The molecule has 0 unspecified atom stereocenters. The molecule has 6 heteroatoms. The molecule has 1 saturated carbocycles. The summed E-state index contributed by atoms with van der Waals surface area (Å²) in [7, 11) is 0. The molecule has 1 N–H and O–H groups in total. The molecule has 0 atom stereocenters. The van der Waals surface area contributed by atoms with Gasteiger partial charge in [0.05, 0.1) is 6.54 Å². The summed E-state index contributed by atoms with van der Waals surface area (Å²) in [6.07, 6.45) is 4.29. The van der Waals surface area contributed by atoms with Crippen molar-refractivity contribution in [3.8, 4) is 0 Å². The van der Waals surface area contributed by atoms with Crippen molar-refractivity contribution >= 4 is 22.4 Å². The van der Waals surface area contributed by atoms with Crippen LogP contribution in [0, 0.1) is 0 Å². The van der Waals surface area contributed by atoms with E-state index in [1.807, 2.05) is 16.5 Å². The second kappa shape index (κ2) is 5.24. The van der Waals surface area contributed by atoms with E-state index in [0.717, 1.165) is 31.3 Å². The molecule has 0 bridgehead atoms. The molecule has 2 aliphatic rings. The maximum Gasteiger partial charge on any atom is 0.236 e. The summed E-state index contributed by atoms with van der Waals surface area (Å²) in [5.41, 5.74) is 0. The van der Waals surface area contributed by atoms with Gasteiger partial charge in [-0.1, -0.05) is 0 Å². The number of anilines is 1. The van der Waals surface area contributed by atoms with E-state index in [1.54, 1.807) is 11.3 Å². The van der Waals surface area contributed by atoms with Crippen molar-refractivity contribution in [2.24, 2.45) is 0 Å². The van der Waals surface area contributed by atoms with E-state index < -0.39 is 0 Å². The number of carbonyl (C=O) groups is 1. The standard InChI is InChI=1S/C12H18N4OS/c17-11(9-14-10-1-2-10)15-4-6-16(7-5-15)12-13-3-8-18-12/h3,8,10,14H,1-2,4-7,9H2. The van der Waals surface area contributed by atoms with E-state index in [1.165, 1.54) is 12.8 Å². The first kappa shape index (κ1) is 11.9. The van der Waals surface area contributed by atoms with Crippen molar-refractivity contribution in [2.45, 2.75) is 18.9 Å². The number of nitrogens with zero attached hydrogens (tertiary/aromatic N) is 3. The second-order valence-electron chi connectivity index (χ2n) is 4.84. The van der Waals surface area contributed by atoms with E-state index in [2.05, 4.69) is 15.2 Å². The topological polar surface area (TPSA) is 48.5 Å². The Labute approximate surface area is 111 Å². The average molecular weight is 266 g/mol. The van der Waals surface area contributed by atoms with Gasteiger partial charge in [-0.2, -0.15) is 0 Å². The van der Waals surface area contributed by atoms with Gasteiger partial charge in [0.25, 0.3) is 0 Å². The first-order chi connectivity index (χ1) is 8.83. The molecule has 2 fully saturated rings. The van der Waals surface area contributed by atoms with E-state index in [9.17, 15) is 4.79 Å². The van der Waals surface area contributed by atoms with Crippen LogP contribution in [0.3, 0.4) is 0 Å². The van der Waals surface area contributed by atoms with Crippen LogP contribution in [-0.4, -0.2) is 54.6 Å². The molecule has 1 saturated heterocycles. The Morgan fingerprint density at radius 3 is 2.78 bits per heavy atom. The summed E-state index contributed by atoms with van der Waals surface area (Å²) >= 11 is 1.66. The Morgan fingerprint density at radius 1 is 1.39 bits per heavy atom. The molecule has 18 heavy (non-hydrogen) atoms. The number of aromatic nitrogens is 1. The molecular weight excluding hydrogens is 248 g/mol. The Kier molecular flexibility index (Phi) is 3.47. The highest BCUT2D eigenvalue weighted by molar-refractivity contribution is 7.13. The van der Waals surface area contributed by atoms with E-state index >= 15 is 0 Å². The van der Waals surface area contributed by atoms with Crippen molar-refractivity contribution in [1.82, 2.24) is 15.2 Å². The number of nitrogens with one attached hydrogen (secondary N) is 1. The van der Waals surface area contributed by atoms with Crippen molar-refractivity contribution in [1.29, 1.82) is 0 Å². The monoisotopic (exact) mass is 266 g/mol. The number of piperazine rings is 1. The third kappa shape index (κ3) is 2.81. The molecule has 1 aliphatic heterocycles. The van der Waals surface area contributed by atoms with Gasteiger partial charge in [-0.05, 0) is 12.8 Å². The zero-order chi connectivity index (χ0) is 12.4. The fourth-order valence-corrected chi connectivity index (χ4v) is 2.85. The van der Waals surface area contributed by atoms with Gasteiger partial charge in [0, 0.05) is 43.8 Å². The zero-order valence-electron chi connectivity index (χ0n) is 10.3. The maximum absolute atomic E-state index is 12.0. The molecule has 0 spiro atoms. The van der Waals surface area contributed by atoms with Crippen molar-refractivity contribution in [3.63, 3.8) is 0 Å². The summed E-state index contributed by atoms with van der Waals surface area (Å²) in [5, 5.41) is 6.34. The van der Waals surface area contributed by atoms with Crippen LogP contribution in [0.4, 0.5) is 5.13 Å². The Balaban J connectivity index is 1.45. The van der Waals surface area contributed by atoms with Gasteiger partial charge in [-0.3, -0.25) is 4.79 Å².